The molecule has 148 valence electrons. The van der Waals surface area contributed by atoms with Crippen molar-refractivity contribution in [3.05, 3.63) is 59.1 Å². The highest BCUT2D eigenvalue weighted by Gasteiger charge is 2.32. The highest BCUT2D eigenvalue weighted by atomic mass is 79.9. The fraction of sp³-hybridized carbons (Fsp3) is 0.100. The molecule has 0 atom stereocenters. The molecule has 29 heavy (non-hydrogen) atoms. The lowest BCUT2D eigenvalue weighted by Crippen LogP contribution is -2.26. The summed E-state index contributed by atoms with van der Waals surface area (Å²) in [6.07, 6.45) is -5.31. The number of anilines is 3. The van der Waals surface area contributed by atoms with Gasteiger partial charge in [-0.25, -0.2) is 0 Å². The minimum Gasteiger partial charge on any atom is -0.406 e. The third-order valence-electron chi connectivity index (χ3n) is 4.34. The molecule has 9 heteroatoms. The zero-order valence-corrected chi connectivity index (χ0v) is 16.2. The molecule has 0 saturated heterocycles. The van der Waals surface area contributed by atoms with E-state index in [4.69, 9.17) is 0 Å². The molecule has 1 heterocycles. The molecule has 2 amide bonds. The van der Waals surface area contributed by atoms with Gasteiger partial charge in [0.1, 0.15) is 12.2 Å². The first-order valence-electron chi connectivity index (χ1n) is 8.42. The van der Waals surface area contributed by atoms with E-state index in [0.29, 0.717) is 16.8 Å². The second-order valence-electron chi connectivity index (χ2n) is 6.32. The summed E-state index contributed by atoms with van der Waals surface area (Å²) < 4.78 is 42.6. The molecule has 3 aromatic rings. The van der Waals surface area contributed by atoms with E-state index in [9.17, 15) is 22.8 Å². The molecule has 1 aliphatic rings. The van der Waals surface area contributed by atoms with Crippen LogP contribution in [0.3, 0.4) is 0 Å². The van der Waals surface area contributed by atoms with Gasteiger partial charge in [0.15, 0.2) is 0 Å². The first-order valence-corrected chi connectivity index (χ1v) is 9.21. The largest absolute Gasteiger partial charge is 0.573 e. The summed E-state index contributed by atoms with van der Waals surface area (Å²) in [5.41, 5.74) is 0.929. The van der Waals surface area contributed by atoms with E-state index in [0.717, 1.165) is 22.0 Å². The van der Waals surface area contributed by atoms with Crippen LogP contribution in [-0.2, 0) is 9.59 Å². The molecule has 0 unspecified atom stereocenters. The molecule has 5 nitrogen and oxygen atoms in total. The molecule has 1 aliphatic heterocycles. The van der Waals surface area contributed by atoms with Gasteiger partial charge in [-0.1, -0.05) is 34.1 Å². The Balaban J connectivity index is 1.89. The standard InChI is InChI=1S/C20H12BrF3N2O3/c21-12-5-6-15-11(8-12)4-7-16-19(15)25-17(27)10-18(28)26(16)13-2-1-3-14(9-13)29-20(22,23)24/h1-9H,10H2,(H,25,27). The van der Waals surface area contributed by atoms with Crippen molar-refractivity contribution in [3.63, 3.8) is 0 Å². The molecule has 0 bridgehead atoms. The van der Waals surface area contributed by atoms with Crippen molar-refractivity contribution in [2.45, 2.75) is 12.8 Å². The Bertz CT molecular complexity index is 1150. The first kappa shape index (κ1) is 19.3. The molecule has 0 spiro atoms. The summed E-state index contributed by atoms with van der Waals surface area (Å²) in [5, 5.41) is 4.26. The molecule has 0 saturated carbocycles. The number of alkyl halides is 3. The first-order chi connectivity index (χ1) is 13.7. The Morgan fingerprint density at radius 2 is 1.83 bits per heavy atom. The van der Waals surface area contributed by atoms with Gasteiger partial charge >= 0.3 is 6.36 Å². The highest BCUT2D eigenvalue weighted by molar-refractivity contribution is 9.10. The fourth-order valence-corrected chi connectivity index (χ4v) is 3.62. The lowest BCUT2D eigenvalue weighted by Gasteiger charge is -2.24. The third-order valence-corrected chi connectivity index (χ3v) is 4.83. The van der Waals surface area contributed by atoms with Crippen LogP contribution in [0.5, 0.6) is 5.75 Å². The summed E-state index contributed by atoms with van der Waals surface area (Å²) in [4.78, 5) is 26.2. The fourth-order valence-electron chi connectivity index (χ4n) is 3.24. The van der Waals surface area contributed by atoms with E-state index in [1.54, 1.807) is 24.3 Å². The van der Waals surface area contributed by atoms with Crippen LogP contribution in [0.15, 0.2) is 59.1 Å². The Kier molecular flexibility index (Phi) is 4.70. The summed E-state index contributed by atoms with van der Waals surface area (Å²) in [7, 11) is 0. The van der Waals surface area contributed by atoms with Crippen LogP contribution in [0.2, 0.25) is 0 Å². The molecular weight excluding hydrogens is 453 g/mol. The van der Waals surface area contributed by atoms with Gasteiger partial charge in [0.2, 0.25) is 11.8 Å². The minimum atomic E-state index is -4.86. The average molecular weight is 465 g/mol. The molecule has 4 rings (SSSR count). The molecule has 0 fully saturated rings. The Labute approximate surface area is 171 Å². The van der Waals surface area contributed by atoms with Crippen LogP contribution in [-0.4, -0.2) is 18.2 Å². The number of hydrogen-bond acceptors (Lipinski definition) is 3. The maximum absolute atomic E-state index is 12.8. The molecule has 0 aromatic heterocycles. The third kappa shape index (κ3) is 3.91. The Morgan fingerprint density at radius 3 is 2.59 bits per heavy atom. The monoisotopic (exact) mass is 464 g/mol. The van der Waals surface area contributed by atoms with Crippen LogP contribution in [0.25, 0.3) is 10.8 Å². The van der Waals surface area contributed by atoms with E-state index in [1.807, 2.05) is 6.07 Å². The average Bonchev–Trinajstić information content (AvgIpc) is 2.74. The normalized spacial score (nSPS) is 14.4. The number of ether oxygens (including phenoxy) is 1. The number of nitrogens with zero attached hydrogens (tertiary/aromatic N) is 1. The molecule has 0 aliphatic carbocycles. The number of halogens is 4. The van der Waals surface area contributed by atoms with Gasteiger partial charge in [-0.15, -0.1) is 13.2 Å². The van der Waals surface area contributed by atoms with Gasteiger partial charge in [0.25, 0.3) is 0 Å². The van der Waals surface area contributed by atoms with Gasteiger partial charge < -0.3 is 10.1 Å². The SMILES string of the molecule is O=C1CC(=O)N(c2cccc(OC(F)(F)F)c2)c2ccc3cc(Br)ccc3c2N1. The van der Waals surface area contributed by atoms with E-state index >= 15 is 0 Å². The number of nitrogens with one attached hydrogen (secondary N) is 1. The number of carbonyl (C=O) groups is 2. The van der Waals surface area contributed by atoms with Gasteiger partial charge in [-0.05, 0) is 35.7 Å². The van der Waals surface area contributed by atoms with Crippen LogP contribution in [0.1, 0.15) is 6.42 Å². The van der Waals surface area contributed by atoms with Gasteiger partial charge in [-0.2, -0.15) is 0 Å². The second kappa shape index (κ2) is 7.07. The lowest BCUT2D eigenvalue weighted by atomic mass is 10.1. The maximum Gasteiger partial charge on any atom is 0.573 e. The van der Waals surface area contributed by atoms with Crippen LogP contribution < -0.4 is 15.0 Å². The number of benzene rings is 3. The highest BCUT2D eigenvalue weighted by Crippen LogP contribution is 2.41. The number of fused-ring (bicyclic) bond motifs is 3. The second-order valence-corrected chi connectivity index (χ2v) is 7.24. The van der Waals surface area contributed by atoms with E-state index in [1.165, 1.54) is 17.0 Å². The zero-order valence-electron chi connectivity index (χ0n) is 14.6. The predicted octanol–water partition coefficient (Wildman–Crippen LogP) is 5.51. The zero-order chi connectivity index (χ0) is 20.8. The number of carbonyl (C=O) groups excluding carboxylic acids is 2. The van der Waals surface area contributed by atoms with E-state index in [-0.39, 0.29) is 5.69 Å². The summed E-state index contributed by atoms with van der Waals surface area (Å²) in [6.45, 7) is 0. The molecule has 3 aromatic carbocycles. The van der Waals surface area contributed by atoms with Crippen LogP contribution >= 0.6 is 15.9 Å². The van der Waals surface area contributed by atoms with Gasteiger partial charge in [-0.3, -0.25) is 14.5 Å². The van der Waals surface area contributed by atoms with Crippen molar-refractivity contribution in [2.24, 2.45) is 0 Å². The topological polar surface area (TPSA) is 58.6 Å². The van der Waals surface area contributed by atoms with Gasteiger partial charge in [0.05, 0.1) is 17.1 Å². The summed E-state index contributed by atoms with van der Waals surface area (Å²) in [5.74, 6) is -1.53. The number of amides is 2. The molecule has 0 radical (unpaired) electrons. The quantitative estimate of drug-likeness (QED) is 0.508. The van der Waals surface area contributed by atoms with Crippen LogP contribution in [0, 0.1) is 0 Å². The molecule has 1 N–H and O–H groups in total. The predicted molar refractivity (Wildman–Crippen MR) is 105 cm³/mol. The lowest BCUT2D eigenvalue weighted by molar-refractivity contribution is -0.274. The van der Waals surface area contributed by atoms with Crippen molar-refractivity contribution in [1.29, 1.82) is 0 Å². The van der Waals surface area contributed by atoms with Crippen molar-refractivity contribution < 1.29 is 27.5 Å². The van der Waals surface area contributed by atoms with Crippen molar-refractivity contribution >= 4 is 55.6 Å². The van der Waals surface area contributed by atoms with Crippen LogP contribution in [0.4, 0.5) is 30.2 Å². The maximum atomic E-state index is 12.8. The molecular formula is C20H12BrF3N2O3. The van der Waals surface area contributed by atoms with Gasteiger partial charge in [0, 0.05) is 15.9 Å². The van der Waals surface area contributed by atoms with Crippen molar-refractivity contribution in [2.75, 3.05) is 10.2 Å². The minimum absolute atomic E-state index is 0.158. The Hall–Kier alpha value is -3.07. The summed E-state index contributed by atoms with van der Waals surface area (Å²) >= 11 is 3.39. The number of hydrogen-bond donors (Lipinski definition) is 1. The smallest absolute Gasteiger partial charge is 0.406 e. The number of rotatable bonds is 2. The summed E-state index contributed by atoms with van der Waals surface area (Å²) in [6, 6.07) is 13.9. The Morgan fingerprint density at radius 1 is 1.03 bits per heavy atom. The van der Waals surface area contributed by atoms with Crippen molar-refractivity contribution in [3.8, 4) is 5.75 Å². The van der Waals surface area contributed by atoms with E-state index in [2.05, 4.69) is 26.0 Å². The van der Waals surface area contributed by atoms with Crippen molar-refractivity contribution in [1.82, 2.24) is 0 Å². The van der Waals surface area contributed by atoms with E-state index < -0.39 is 30.3 Å².